The summed E-state index contributed by atoms with van der Waals surface area (Å²) in [7, 11) is -1.09. The van der Waals surface area contributed by atoms with E-state index in [4.69, 9.17) is 14.2 Å². The summed E-state index contributed by atoms with van der Waals surface area (Å²) >= 11 is 0. The molecular formula is C25H35N3O3Si. The number of rotatable bonds is 9. The Labute approximate surface area is 192 Å². The molecule has 4 rings (SSSR count). The SMILES string of the molecule is Cc1cn(COCC[Si](C)(C)C)c2nccc(Oc3ccc(CN4CCOCC4)cc3)c12. The van der Waals surface area contributed by atoms with Gasteiger partial charge in [0.25, 0.3) is 0 Å². The second kappa shape index (κ2) is 10.2. The van der Waals surface area contributed by atoms with E-state index >= 15 is 0 Å². The lowest BCUT2D eigenvalue weighted by atomic mass is 10.2. The summed E-state index contributed by atoms with van der Waals surface area (Å²) in [5, 5.41) is 1.04. The van der Waals surface area contributed by atoms with Crippen molar-refractivity contribution in [2.45, 2.75) is 45.9 Å². The van der Waals surface area contributed by atoms with Crippen LogP contribution >= 0.6 is 0 Å². The lowest BCUT2D eigenvalue weighted by Crippen LogP contribution is -2.35. The number of aromatic nitrogens is 2. The molecule has 0 bridgehead atoms. The van der Waals surface area contributed by atoms with Crippen LogP contribution in [0.3, 0.4) is 0 Å². The molecule has 6 nitrogen and oxygen atoms in total. The predicted octanol–water partition coefficient (Wildman–Crippen LogP) is 5.28. The Morgan fingerprint density at radius 2 is 1.81 bits per heavy atom. The highest BCUT2D eigenvalue weighted by Gasteiger charge is 2.15. The van der Waals surface area contributed by atoms with Crippen LogP contribution in [0.1, 0.15) is 11.1 Å². The Balaban J connectivity index is 1.43. The van der Waals surface area contributed by atoms with E-state index in [1.807, 2.05) is 24.4 Å². The second-order valence-electron chi connectivity index (χ2n) is 9.77. The molecule has 172 valence electrons. The van der Waals surface area contributed by atoms with Crippen LogP contribution in [0, 0.1) is 6.92 Å². The molecule has 0 unspecified atom stereocenters. The second-order valence-corrected chi connectivity index (χ2v) is 15.4. The number of hydrogen-bond donors (Lipinski definition) is 0. The number of benzene rings is 1. The van der Waals surface area contributed by atoms with Crippen molar-refractivity contribution in [3.8, 4) is 11.5 Å². The fourth-order valence-corrected chi connectivity index (χ4v) is 4.67. The average Bonchev–Trinajstić information content (AvgIpc) is 3.09. The van der Waals surface area contributed by atoms with Crippen LogP contribution in [0.25, 0.3) is 11.0 Å². The molecule has 1 aromatic carbocycles. The van der Waals surface area contributed by atoms with Gasteiger partial charge in [-0.25, -0.2) is 4.98 Å². The number of morpholine rings is 1. The van der Waals surface area contributed by atoms with Gasteiger partial charge in [0.15, 0.2) is 0 Å². The summed E-state index contributed by atoms with van der Waals surface area (Å²) in [6.07, 6.45) is 3.91. The topological polar surface area (TPSA) is 48.8 Å². The number of aryl methyl sites for hydroxylation is 1. The van der Waals surface area contributed by atoms with Crippen LogP contribution in [0.15, 0.2) is 42.7 Å². The van der Waals surface area contributed by atoms with Crippen LogP contribution < -0.4 is 4.74 Å². The summed E-state index contributed by atoms with van der Waals surface area (Å²) in [6.45, 7) is 15.1. The molecule has 3 heterocycles. The Kier molecular flexibility index (Phi) is 7.30. The monoisotopic (exact) mass is 453 g/mol. The van der Waals surface area contributed by atoms with Gasteiger partial charge in [0.05, 0.1) is 18.6 Å². The summed E-state index contributed by atoms with van der Waals surface area (Å²) in [4.78, 5) is 7.03. The van der Waals surface area contributed by atoms with Crippen molar-refractivity contribution < 1.29 is 14.2 Å². The molecule has 0 atom stereocenters. The molecule has 0 amide bonds. The van der Waals surface area contributed by atoms with Crippen molar-refractivity contribution in [2.75, 3.05) is 32.9 Å². The molecule has 1 aliphatic heterocycles. The number of nitrogens with zero attached hydrogens (tertiary/aromatic N) is 3. The summed E-state index contributed by atoms with van der Waals surface area (Å²) in [6, 6.07) is 11.5. The third kappa shape index (κ3) is 5.98. The maximum absolute atomic E-state index is 6.28. The zero-order valence-corrected chi connectivity index (χ0v) is 20.8. The Morgan fingerprint density at radius 1 is 1.06 bits per heavy atom. The van der Waals surface area contributed by atoms with Gasteiger partial charge in [0, 0.05) is 46.7 Å². The van der Waals surface area contributed by atoms with E-state index in [0.29, 0.717) is 6.73 Å². The zero-order chi connectivity index (χ0) is 22.6. The molecule has 0 N–H and O–H groups in total. The van der Waals surface area contributed by atoms with Gasteiger partial charge in [-0.1, -0.05) is 31.8 Å². The highest BCUT2D eigenvalue weighted by Crippen LogP contribution is 2.32. The maximum atomic E-state index is 6.28. The van der Waals surface area contributed by atoms with Gasteiger partial charge in [0.2, 0.25) is 0 Å². The first-order valence-corrected chi connectivity index (χ1v) is 15.2. The predicted molar refractivity (Wildman–Crippen MR) is 131 cm³/mol. The third-order valence-corrected chi connectivity index (χ3v) is 7.50. The minimum Gasteiger partial charge on any atom is -0.457 e. The molecule has 1 aliphatic rings. The molecule has 0 saturated carbocycles. The molecule has 3 aromatic rings. The Bertz CT molecular complexity index is 1020. The fourth-order valence-electron chi connectivity index (χ4n) is 3.91. The van der Waals surface area contributed by atoms with Gasteiger partial charge in [-0.3, -0.25) is 4.90 Å². The molecule has 0 aliphatic carbocycles. The van der Waals surface area contributed by atoms with Crippen molar-refractivity contribution in [1.82, 2.24) is 14.5 Å². The maximum Gasteiger partial charge on any atom is 0.145 e. The molecule has 7 heteroatoms. The summed E-state index contributed by atoms with van der Waals surface area (Å²) in [5.41, 5.74) is 3.33. The van der Waals surface area contributed by atoms with Gasteiger partial charge in [-0.15, -0.1) is 0 Å². The largest absolute Gasteiger partial charge is 0.457 e. The van der Waals surface area contributed by atoms with E-state index < -0.39 is 8.07 Å². The van der Waals surface area contributed by atoms with Gasteiger partial charge in [-0.2, -0.15) is 0 Å². The van der Waals surface area contributed by atoms with E-state index in [1.54, 1.807) is 0 Å². The minimum atomic E-state index is -1.09. The number of ether oxygens (including phenoxy) is 3. The quantitative estimate of drug-likeness (QED) is 0.326. The number of fused-ring (bicyclic) bond motifs is 1. The summed E-state index contributed by atoms with van der Waals surface area (Å²) < 4.78 is 19.7. The first-order chi connectivity index (χ1) is 15.4. The van der Waals surface area contributed by atoms with Crippen molar-refractivity contribution in [2.24, 2.45) is 0 Å². The van der Waals surface area contributed by atoms with Crippen LogP contribution in [-0.2, 0) is 22.7 Å². The summed E-state index contributed by atoms with van der Waals surface area (Å²) in [5.74, 6) is 1.66. The Hall–Kier alpha value is -2.19. The molecule has 2 aromatic heterocycles. The molecule has 1 fully saturated rings. The smallest absolute Gasteiger partial charge is 0.145 e. The van der Waals surface area contributed by atoms with Crippen LogP contribution in [0.4, 0.5) is 0 Å². The van der Waals surface area contributed by atoms with Crippen molar-refractivity contribution in [1.29, 1.82) is 0 Å². The highest BCUT2D eigenvalue weighted by molar-refractivity contribution is 6.76. The molecule has 0 radical (unpaired) electrons. The standard InChI is InChI=1S/C25H35N3O3Si/c1-20-17-28(19-30-15-16-32(2,3)4)25-24(20)23(9-10-26-25)31-22-7-5-21(6-8-22)18-27-11-13-29-14-12-27/h5-10,17H,11-16,18-19H2,1-4H3. The van der Waals surface area contributed by atoms with E-state index in [0.717, 1.165) is 73.6 Å². The van der Waals surface area contributed by atoms with Crippen molar-refractivity contribution >= 4 is 19.1 Å². The third-order valence-electron chi connectivity index (χ3n) is 5.80. The zero-order valence-electron chi connectivity index (χ0n) is 19.8. The lowest BCUT2D eigenvalue weighted by Gasteiger charge is -2.26. The van der Waals surface area contributed by atoms with E-state index in [1.165, 1.54) is 5.56 Å². The van der Waals surface area contributed by atoms with Crippen LogP contribution in [-0.4, -0.2) is 55.4 Å². The van der Waals surface area contributed by atoms with Gasteiger partial charge >= 0.3 is 0 Å². The normalized spacial score (nSPS) is 15.4. The molecule has 32 heavy (non-hydrogen) atoms. The first kappa shape index (κ1) is 23.0. The number of pyridine rings is 1. The van der Waals surface area contributed by atoms with E-state index in [9.17, 15) is 0 Å². The molecule has 0 spiro atoms. The van der Waals surface area contributed by atoms with Crippen LogP contribution in [0.5, 0.6) is 11.5 Å². The fraction of sp³-hybridized carbons (Fsp3) is 0.480. The van der Waals surface area contributed by atoms with E-state index in [-0.39, 0.29) is 0 Å². The van der Waals surface area contributed by atoms with Crippen LogP contribution in [0.2, 0.25) is 25.7 Å². The average molecular weight is 454 g/mol. The Morgan fingerprint density at radius 3 is 2.53 bits per heavy atom. The van der Waals surface area contributed by atoms with Gasteiger partial charge in [-0.05, 0) is 42.3 Å². The van der Waals surface area contributed by atoms with Gasteiger partial charge in [0.1, 0.15) is 23.9 Å². The van der Waals surface area contributed by atoms with Crippen molar-refractivity contribution in [3.63, 3.8) is 0 Å². The first-order valence-electron chi connectivity index (χ1n) is 11.5. The van der Waals surface area contributed by atoms with E-state index in [2.05, 4.69) is 59.3 Å². The molecular weight excluding hydrogens is 418 g/mol. The van der Waals surface area contributed by atoms with Gasteiger partial charge < -0.3 is 18.8 Å². The lowest BCUT2D eigenvalue weighted by molar-refractivity contribution is 0.0342. The molecule has 1 saturated heterocycles. The van der Waals surface area contributed by atoms with Crippen molar-refractivity contribution in [3.05, 3.63) is 53.9 Å². The number of hydrogen-bond acceptors (Lipinski definition) is 5. The minimum absolute atomic E-state index is 0.515. The highest BCUT2D eigenvalue weighted by atomic mass is 28.3.